The van der Waals surface area contributed by atoms with E-state index in [9.17, 15) is 0 Å². The second-order valence-electron chi connectivity index (χ2n) is 2.54. The summed E-state index contributed by atoms with van der Waals surface area (Å²) >= 11 is 9.34. The summed E-state index contributed by atoms with van der Waals surface area (Å²) in [6.45, 7) is 0. The predicted octanol–water partition coefficient (Wildman–Crippen LogP) is 3.98. The zero-order valence-corrected chi connectivity index (χ0v) is 8.52. The van der Waals surface area contributed by atoms with Crippen LogP contribution >= 0.6 is 27.5 Å². The van der Waals surface area contributed by atoms with Gasteiger partial charge in [-0.3, -0.25) is 0 Å². The molecule has 1 nitrogen and oxygen atoms in total. The highest BCUT2D eigenvalue weighted by molar-refractivity contribution is 9.08. The molecule has 2 aromatic rings. The fourth-order valence-corrected chi connectivity index (χ4v) is 1.99. The topological polar surface area (TPSA) is 13.1 Å². The van der Waals surface area contributed by atoms with Crippen molar-refractivity contribution in [3.05, 3.63) is 35.0 Å². The van der Waals surface area contributed by atoms with Gasteiger partial charge in [0, 0.05) is 15.7 Å². The van der Waals surface area contributed by atoms with Crippen molar-refractivity contribution < 1.29 is 4.42 Å². The van der Waals surface area contributed by atoms with Gasteiger partial charge in [-0.15, -0.1) is 0 Å². The van der Waals surface area contributed by atoms with Crippen LogP contribution in [0.15, 0.2) is 28.9 Å². The summed E-state index contributed by atoms with van der Waals surface area (Å²) in [4.78, 5) is 0. The van der Waals surface area contributed by atoms with Crippen LogP contribution in [0.25, 0.3) is 11.0 Å². The molecule has 2 rings (SSSR count). The lowest BCUT2D eigenvalue weighted by Crippen LogP contribution is -1.78. The molecule has 0 amide bonds. The van der Waals surface area contributed by atoms with Crippen molar-refractivity contribution in [1.29, 1.82) is 0 Å². The van der Waals surface area contributed by atoms with E-state index < -0.39 is 0 Å². The molecule has 3 heteroatoms. The van der Waals surface area contributed by atoms with Gasteiger partial charge in [-0.1, -0.05) is 27.5 Å². The van der Waals surface area contributed by atoms with Crippen molar-refractivity contribution in [2.75, 3.05) is 0 Å². The van der Waals surface area contributed by atoms with E-state index in [0.717, 1.165) is 26.9 Å². The monoisotopic (exact) mass is 244 g/mol. The van der Waals surface area contributed by atoms with Crippen LogP contribution in [0, 0.1) is 0 Å². The van der Waals surface area contributed by atoms with E-state index in [1.54, 1.807) is 6.26 Å². The van der Waals surface area contributed by atoms with E-state index >= 15 is 0 Å². The summed E-state index contributed by atoms with van der Waals surface area (Å²) in [5, 5.41) is 2.58. The average Bonchev–Trinajstić information content (AvgIpc) is 2.49. The molecular weight excluding hydrogens is 239 g/mol. The van der Waals surface area contributed by atoms with E-state index in [0.29, 0.717) is 0 Å². The van der Waals surface area contributed by atoms with Gasteiger partial charge in [-0.05, 0) is 23.8 Å². The molecule has 0 aliphatic heterocycles. The number of alkyl halides is 1. The van der Waals surface area contributed by atoms with Crippen molar-refractivity contribution in [3.63, 3.8) is 0 Å². The fourth-order valence-electron chi connectivity index (χ4n) is 1.13. The number of halogens is 2. The minimum atomic E-state index is 0.752. The lowest BCUT2D eigenvalue weighted by molar-refractivity contribution is 0.615. The standard InChI is InChI=1S/C9H6BrClO/c10-5-7-4-9-6(1-2-12-9)3-8(7)11/h1-4H,5H2. The first-order chi connectivity index (χ1) is 5.81. The number of hydrogen-bond donors (Lipinski definition) is 0. The largest absolute Gasteiger partial charge is 0.464 e. The Bertz CT molecular complexity index is 408. The Balaban J connectivity index is 2.73. The van der Waals surface area contributed by atoms with Crippen LogP contribution in [0.1, 0.15) is 5.56 Å². The number of rotatable bonds is 1. The molecule has 0 aliphatic rings. The quantitative estimate of drug-likeness (QED) is 0.693. The summed E-state index contributed by atoms with van der Waals surface area (Å²) in [6, 6.07) is 5.77. The van der Waals surface area contributed by atoms with E-state index in [2.05, 4.69) is 15.9 Å². The summed E-state index contributed by atoms with van der Waals surface area (Å²) < 4.78 is 5.24. The lowest BCUT2D eigenvalue weighted by atomic mass is 10.2. The normalized spacial score (nSPS) is 10.8. The van der Waals surface area contributed by atoms with E-state index in [1.807, 2.05) is 18.2 Å². The van der Waals surface area contributed by atoms with Gasteiger partial charge in [-0.2, -0.15) is 0 Å². The van der Waals surface area contributed by atoms with Crippen molar-refractivity contribution in [1.82, 2.24) is 0 Å². The molecule has 0 unspecified atom stereocenters. The molecule has 0 atom stereocenters. The fraction of sp³-hybridized carbons (Fsp3) is 0.111. The number of furan rings is 1. The third-order valence-electron chi connectivity index (χ3n) is 1.77. The summed E-state index contributed by atoms with van der Waals surface area (Å²) in [7, 11) is 0. The average molecular weight is 246 g/mol. The number of benzene rings is 1. The summed E-state index contributed by atoms with van der Waals surface area (Å²) in [5.41, 5.74) is 1.94. The van der Waals surface area contributed by atoms with Crippen LogP contribution in [0.3, 0.4) is 0 Å². The van der Waals surface area contributed by atoms with E-state index in [-0.39, 0.29) is 0 Å². The molecule has 0 bridgehead atoms. The molecule has 0 radical (unpaired) electrons. The first-order valence-electron chi connectivity index (χ1n) is 3.53. The molecule has 0 fully saturated rings. The van der Waals surface area contributed by atoms with Gasteiger partial charge in [-0.25, -0.2) is 0 Å². The Morgan fingerprint density at radius 1 is 1.42 bits per heavy atom. The minimum Gasteiger partial charge on any atom is -0.464 e. The van der Waals surface area contributed by atoms with Gasteiger partial charge in [0.05, 0.1) is 6.26 Å². The van der Waals surface area contributed by atoms with Crippen LogP contribution in [0.5, 0.6) is 0 Å². The Hall–Kier alpha value is -0.470. The predicted molar refractivity (Wildman–Crippen MR) is 53.9 cm³/mol. The zero-order chi connectivity index (χ0) is 8.55. The maximum absolute atomic E-state index is 5.99. The van der Waals surface area contributed by atoms with Crippen molar-refractivity contribution >= 4 is 38.5 Å². The molecular formula is C9H6BrClO. The molecule has 0 aliphatic carbocycles. The third-order valence-corrected chi connectivity index (χ3v) is 2.72. The van der Waals surface area contributed by atoms with Crippen LogP contribution in [0.4, 0.5) is 0 Å². The van der Waals surface area contributed by atoms with Crippen LogP contribution in [-0.2, 0) is 5.33 Å². The first-order valence-corrected chi connectivity index (χ1v) is 5.03. The minimum absolute atomic E-state index is 0.752. The highest BCUT2D eigenvalue weighted by atomic mass is 79.9. The highest BCUT2D eigenvalue weighted by Gasteiger charge is 2.03. The Labute approximate surface area is 83.4 Å². The summed E-state index contributed by atoms with van der Waals surface area (Å²) in [5.74, 6) is 0. The maximum atomic E-state index is 5.99. The molecule has 0 saturated heterocycles. The number of hydrogen-bond acceptors (Lipinski definition) is 1. The maximum Gasteiger partial charge on any atom is 0.134 e. The third kappa shape index (κ3) is 1.25. The van der Waals surface area contributed by atoms with Gasteiger partial charge in [0.25, 0.3) is 0 Å². The van der Waals surface area contributed by atoms with Gasteiger partial charge in [0.15, 0.2) is 0 Å². The Morgan fingerprint density at radius 3 is 3.00 bits per heavy atom. The lowest BCUT2D eigenvalue weighted by Gasteiger charge is -1.98. The van der Waals surface area contributed by atoms with Crippen molar-refractivity contribution in [2.24, 2.45) is 0 Å². The molecule has 1 aromatic carbocycles. The second kappa shape index (κ2) is 3.11. The van der Waals surface area contributed by atoms with Gasteiger partial charge >= 0.3 is 0 Å². The zero-order valence-electron chi connectivity index (χ0n) is 6.18. The van der Waals surface area contributed by atoms with Crippen molar-refractivity contribution in [3.8, 4) is 0 Å². The molecule has 0 spiro atoms. The molecule has 0 N–H and O–H groups in total. The van der Waals surface area contributed by atoms with Crippen LogP contribution in [-0.4, -0.2) is 0 Å². The molecule has 1 aromatic heterocycles. The Morgan fingerprint density at radius 2 is 2.25 bits per heavy atom. The van der Waals surface area contributed by atoms with Gasteiger partial charge in [0.2, 0.25) is 0 Å². The number of fused-ring (bicyclic) bond motifs is 1. The second-order valence-corrected chi connectivity index (χ2v) is 3.50. The molecule has 0 saturated carbocycles. The summed E-state index contributed by atoms with van der Waals surface area (Å²) in [6.07, 6.45) is 1.67. The Kier molecular flexibility index (Phi) is 2.11. The van der Waals surface area contributed by atoms with Gasteiger partial charge in [0.1, 0.15) is 5.58 Å². The smallest absolute Gasteiger partial charge is 0.134 e. The molecule has 12 heavy (non-hydrogen) atoms. The van der Waals surface area contributed by atoms with E-state index in [4.69, 9.17) is 16.0 Å². The van der Waals surface area contributed by atoms with Crippen LogP contribution < -0.4 is 0 Å². The van der Waals surface area contributed by atoms with Crippen molar-refractivity contribution in [2.45, 2.75) is 5.33 Å². The SMILES string of the molecule is Clc1cc2ccoc2cc1CBr. The first kappa shape index (κ1) is 8.14. The molecule has 62 valence electrons. The highest BCUT2D eigenvalue weighted by Crippen LogP contribution is 2.26. The van der Waals surface area contributed by atoms with Gasteiger partial charge < -0.3 is 4.42 Å². The molecule has 1 heterocycles. The van der Waals surface area contributed by atoms with Crippen LogP contribution in [0.2, 0.25) is 5.02 Å². The van der Waals surface area contributed by atoms with E-state index in [1.165, 1.54) is 0 Å².